The third-order valence-electron chi connectivity index (χ3n) is 5.35. The Morgan fingerprint density at radius 1 is 1.20 bits per heavy atom. The Morgan fingerprint density at radius 3 is 2.68 bits per heavy atom. The molecule has 2 rings (SSSR count). The lowest BCUT2D eigenvalue weighted by molar-refractivity contribution is -0.137. The molecule has 2 heterocycles. The maximum atomic E-state index is 10.5. The minimum Gasteiger partial charge on any atom is -0.481 e. The average molecular weight is 367 g/mol. The van der Waals surface area contributed by atoms with Gasteiger partial charge in [-0.25, -0.2) is 0 Å². The van der Waals surface area contributed by atoms with Crippen molar-refractivity contribution < 1.29 is 14.6 Å². The number of unbranched alkanes of at least 4 members (excludes halogenated alkanes) is 2. The Morgan fingerprint density at radius 2 is 1.96 bits per heavy atom. The molecule has 2 fully saturated rings. The van der Waals surface area contributed by atoms with Crippen molar-refractivity contribution in [2.24, 2.45) is 11.8 Å². The molecule has 0 aromatic rings. The summed E-state index contributed by atoms with van der Waals surface area (Å²) >= 11 is 2.07. The monoisotopic (exact) mass is 366 g/mol. The SMILES string of the molecule is CCC/C=C(\C)CSCC1C2CCC(O2)C1C/C=C\CCCC(=O)O. The Kier molecular flexibility index (Phi) is 9.11. The Balaban J connectivity index is 1.73. The van der Waals surface area contributed by atoms with E-state index in [0.29, 0.717) is 24.0 Å². The van der Waals surface area contributed by atoms with Crippen LogP contribution in [0.3, 0.4) is 0 Å². The molecule has 0 radical (unpaired) electrons. The maximum Gasteiger partial charge on any atom is 0.303 e. The van der Waals surface area contributed by atoms with E-state index < -0.39 is 5.97 Å². The lowest BCUT2D eigenvalue weighted by Crippen LogP contribution is -2.28. The van der Waals surface area contributed by atoms with Crippen molar-refractivity contribution in [3.63, 3.8) is 0 Å². The van der Waals surface area contributed by atoms with Crippen molar-refractivity contribution in [3.8, 4) is 0 Å². The molecule has 1 N–H and O–H groups in total. The van der Waals surface area contributed by atoms with Crippen molar-refractivity contribution in [2.75, 3.05) is 11.5 Å². The quantitative estimate of drug-likeness (QED) is 0.368. The number of thioether (sulfide) groups is 1. The summed E-state index contributed by atoms with van der Waals surface area (Å²) in [6.45, 7) is 4.47. The second kappa shape index (κ2) is 11.1. The van der Waals surface area contributed by atoms with E-state index in [1.165, 1.54) is 37.0 Å². The van der Waals surface area contributed by atoms with Gasteiger partial charge in [-0.3, -0.25) is 4.79 Å². The van der Waals surface area contributed by atoms with E-state index in [4.69, 9.17) is 9.84 Å². The number of carboxylic acids is 1. The summed E-state index contributed by atoms with van der Waals surface area (Å²) < 4.78 is 6.19. The predicted molar refractivity (Wildman–Crippen MR) is 106 cm³/mol. The van der Waals surface area contributed by atoms with Crippen LogP contribution in [0.2, 0.25) is 0 Å². The standard InChI is InChI=1S/C21H34O3S/c1-3-4-9-16(2)14-25-15-18-17(19-12-13-20(18)24-19)10-7-5-6-8-11-21(22)23/h5,7,9,17-20H,3-4,6,8,10-15H2,1-2H3,(H,22,23)/b7-5-,16-9+. The normalized spacial score (nSPS) is 29.0. The van der Waals surface area contributed by atoms with Gasteiger partial charge in [0.25, 0.3) is 0 Å². The molecule has 142 valence electrons. The zero-order valence-corrected chi connectivity index (χ0v) is 16.6. The van der Waals surface area contributed by atoms with Crippen LogP contribution >= 0.6 is 11.8 Å². The van der Waals surface area contributed by atoms with E-state index >= 15 is 0 Å². The highest BCUT2D eigenvalue weighted by Crippen LogP contribution is 2.46. The van der Waals surface area contributed by atoms with Gasteiger partial charge >= 0.3 is 5.97 Å². The molecule has 3 nitrogen and oxygen atoms in total. The first-order valence-corrected chi connectivity index (χ1v) is 11.0. The molecule has 25 heavy (non-hydrogen) atoms. The minimum absolute atomic E-state index is 0.270. The van der Waals surface area contributed by atoms with E-state index in [1.807, 2.05) is 0 Å². The fraction of sp³-hybridized carbons (Fsp3) is 0.762. The second-order valence-electron chi connectivity index (χ2n) is 7.47. The van der Waals surface area contributed by atoms with Gasteiger partial charge in [-0.15, -0.1) is 0 Å². The fourth-order valence-corrected chi connectivity index (χ4v) is 5.27. The maximum absolute atomic E-state index is 10.5. The van der Waals surface area contributed by atoms with E-state index in [0.717, 1.165) is 25.0 Å². The van der Waals surface area contributed by atoms with Crippen molar-refractivity contribution in [3.05, 3.63) is 23.8 Å². The highest BCUT2D eigenvalue weighted by atomic mass is 32.2. The number of hydrogen-bond acceptors (Lipinski definition) is 3. The Labute approximate surface area is 157 Å². The number of ether oxygens (including phenoxy) is 1. The van der Waals surface area contributed by atoms with E-state index in [1.54, 1.807) is 0 Å². The third kappa shape index (κ3) is 6.82. The van der Waals surface area contributed by atoms with Crippen LogP contribution in [0.5, 0.6) is 0 Å². The highest BCUT2D eigenvalue weighted by Gasteiger charge is 2.47. The van der Waals surface area contributed by atoms with Gasteiger partial charge in [0.15, 0.2) is 0 Å². The lowest BCUT2D eigenvalue weighted by Gasteiger charge is -2.27. The third-order valence-corrected chi connectivity index (χ3v) is 6.63. The molecule has 0 amide bonds. The molecule has 4 atom stereocenters. The van der Waals surface area contributed by atoms with Crippen molar-refractivity contribution in [1.82, 2.24) is 0 Å². The summed E-state index contributed by atoms with van der Waals surface area (Å²) in [6, 6.07) is 0. The first-order chi connectivity index (χ1) is 12.1. The predicted octanol–water partition coefficient (Wildman–Crippen LogP) is 5.46. The van der Waals surface area contributed by atoms with Crippen LogP contribution in [-0.4, -0.2) is 34.8 Å². The largest absolute Gasteiger partial charge is 0.481 e. The molecule has 0 aromatic carbocycles. The van der Waals surface area contributed by atoms with Gasteiger partial charge in [0.2, 0.25) is 0 Å². The average Bonchev–Trinajstić information content (AvgIpc) is 3.18. The molecule has 0 aliphatic carbocycles. The van der Waals surface area contributed by atoms with Crippen LogP contribution in [0.4, 0.5) is 0 Å². The number of aliphatic carboxylic acids is 1. The van der Waals surface area contributed by atoms with Gasteiger partial charge in [0.1, 0.15) is 0 Å². The van der Waals surface area contributed by atoms with Gasteiger partial charge in [-0.2, -0.15) is 11.8 Å². The van der Waals surface area contributed by atoms with Crippen LogP contribution in [0.25, 0.3) is 0 Å². The topological polar surface area (TPSA) is 46.5 Å². The molecule has 0 aromatic heterocycles. The van der Waals surface area contributed by atoms with Gasteiger partial charge in [0.05, 0.1) is 12.2 Å². The zero-order valence-electron chi connectivity index (χ0n) is 15.8. The minimum atomic E-state index is -0.699. The van der Waals surface area contributed by atoms with Crippen LogP contribution in [0, 0.1) is 11.8 Å². The Hall–Kier alpha value is -0.740. The number of allylic oxidation sites excluding steroid dienone is 3. The molecule has 4 heteroatoms. The van der Waals surface area contributed by atoms with Crippen LogP contribution < -0.4 is 0 Å². The number of fused-ring (bicyclic) bond motifs is 2. The number of hydrogen-bond donors (Lipinski definition) is 1. The van der Waals surface area contributed by atoms with E-state index in [2.05, 4.69) is 43.8 Å². The van der Waals surface area contributed by atoms with Gasteiger partial charge in [-0.1, -0.05) is 37.1 Å². The first-order valence-electron chi connectivity index (χ1n) is 9.87. The molecule has 0 saturated carbocycles. The number of carbonyl (C=O) groups is 1. The van der Waals surface area contributed by atoms with Gasteiger partial charge in [0, 0.05) is 12.2 Å². The molecular formula is C21H34O3S. The molecule has 2 aliphatic heterocycles. The summed E-state index contributed by atoms with van der Waals surface area (Å²) in [5.74, 6) is 2.99. The fourth-order valence-electron chi connectivity index (χ4n) is 3.98. The van der Waals surface area contributed by atoms with E-state index in [9.17, 15) is 4.79 Å². The summed E-state index contributed by atoms with van der Waals surface area (Å²) in [7, 11) is 0. The summed E-state index contributed by atoms with van der Waals surface area (Å²) in [6.07, 6.45) is 15.6. The zero-order chi connectivity index (χ0) is 18.1. The molecule has 2 bridgehead atoms. The highest BCUT2D eigenvalue weighted by molar-refractivity contribution is 7.99. The van der Waals surface area contributed by atoms with Crippen LogP contribution in [0.1, 0.15) is 65.2 Å². The molecular weight excluding hydrogens is 332 g/mol. The van der Waals surface area contributed by atoms with Gasteiger partial charge in [-0.05, 0) is 63.0 Å². The van der Waals surface area contributed by atoms with Crippen LogP contribution in [0.15, 0.2) is 23.8 Å². The molecule has 2 aliphatic rings. The van der Waals surface area contributed by atoms with Crippen molar-refractivity contribution in [2.45, 2.75) is 77.4 Å². The second-order valence-corrected chi connectivity index (χ2v) is 8.50. The molecule has 0 spiro atoms. The summed E-state index contributed by atoms with van der Waals surface area (Å²) in [4.78, 5) is 10.5. The van der Waals surface area contributed by atoms with Gasteiger partial charge < -0.3 is 9.84 Å². The Bertz CT molecular complexity index is 472. The molecule has 4 unspecified atom stereocenters. The van der Waals surface area contributed by atoms with Crippen molar-refractivity contribution in [1.29, 1.82) is 0 Å². The lowest BCUT2D eigenvalue weighted by atomic mass is 9.78. The smallest absolute Gasteiger partial charge is 0.303 e. The number of carboxylic acid groups (broad SMARTS) is 1. The summed E-state index contributed by atoms with van der Waals surface area (Å²) in [5.41, 5.74) is 1.51. The van der Waals surface area contributed by atoms with Crippen molar-refractivity contribution >= 4 is 17.7 Å². The number of rotatable bonds is 12. The van der Waals surface area contributed by atoms with Crippen LogP contribution in [-0.2, 0) is 9.53 Å². The van der Waals surface area contributed by atoms with E-state index in [-0.39, 0.29) is 6.42 Å². The molecule has 2 saturated heterocycles. The summed E-state index contributed by atoms with van der Waals surface area (Å²) in [5, 5.41) is 8.67. The first kappa shape index (κ1) is 20.6.